The lowest BCUT2D eigenvalue weighted by Crippen LogP contribution is -2.54. The summed E-state index contributed by atoms with van der Waals surface area (Å²) in [4.78, 5) is 9.43. The van der Waals surface area contributed by atoms with Crippen molar-refractivity contribution in [3.05, 3.63) is 66.0 Å². The fourth-order valence-electron chi connectivity index (χ4n) is 4.56. The predicted molar refractivity (Wildman–Crippen MR) is 93.3 cm³/mol. The van der Waals surface area contributed by atoms with Crippen molar-refractivity contribution >= 4 is 0 Å². The molecule has 23 heavy (non-hydrogen) atoms. The maximum atomic E-state index is 4.26. The van der Waals surface area contributed by atoms with Crippen LogP contribution in [0.1, 0.15) is 24.0 Å². The van der Waals surface area contributed by atoms with Gasteiger partial charge in [0.1, 0.15) is 0 Å². The fraction of sp³-hybridized carbons (Fsp3) is 0.450. The predicted octanol–water partition coefficient (Wildman–Crippen LogP) is 2.93. The van der Waals surface area contributed by atoms with Crippen LogP contribution in [-0.4, -0.2) is 47.5 Å². The van der Waals surface area contributed by atoms with Crippen molar-refractivity contribution in [1.82, 2.24) is 14.8 Å². The van der Waals surface area contributed by atoms with Crippen LogP contribution in [-0.2, 0) is 12.0 Å². The molecule has 1 aromatic carbocycles. The molecule has 0 N–H and O–H groups in total. The minimum atomic E-state index is 0.349. The molecule has 3 heteroatoms. The lowest BCUT2D eigenvalue weighted by atomic mass is 9.69. The smallest absolute Gasteiger partial charge is 0.0318 e. The van der Waals surface area contributed by atoms with Crippen LogP contribution in [0.2, 0.25) is 0 Å². The van der Waals surface area contributed by atoms with E-state index >= 15 is 0 Å². The summed E-state index contributed by atoms with van der Waals surface area (Å²) in [5.74, 6) is 0. The summed E-state index contributed by atoms with van der Waals surface area (Å²) < 4.78 is 0. The normalized spacial score (nSPS) is 28.7. The first-order chi connectivity index (χ1) is 11.3. The number of likely N-dealkylation sites (N-methyl/N-ethyl adjacent to an activating group) is 1. The lowest BCUT2D eigenvalue weighted by Gasteiger charge is -2.46. The molecule has 120 valence electrons. The summed E-state index contributed by atoms with van der Waals surface area (Å²) in [5, 5.41) is 0. The topological polar surface area (TPSA) is 19.4 Å². The molecule has 2 aromatic rings. The molecule has 0 amide bonds. The molecule has 0 aliphatic carbocycles. The number of fused-ring (bicyclic) bond motifs is 1. The van der Waals surface area contributed by atoms with Crippen LogP contribution in [0.5, 0.6) is 0 Å². The van der Waals surface area contributed by atoms with E-state index in [0.29, 0.717) is 11.5 Å². The first kappa shape index (κ1) is 14.9. The molecular formula is C20H25N3. The average molecular weight is 307 g/mol. The summed E-state index contributed by atoms with van der Waals surface area (Å²) in [7, 11) is 2.29. The number of hydrogen-bond donors (Lipinski definition) is 0. The molecule has 0 radical (unpaired) electrons. The Morgan fingerprint density at radius 1 is 1.09 bits per heavy atom. The van der Waals surface area contributed by atoms with E-state index in [1.807, 2.05) is 18.5 Å². The first-order valence-electron chi connectivity index (χ1n) is 8.65. The van der Waals surface area contributed by atoms with Crippen molar-refractivity contribution in [1.29, 1.82) is 0 Å². The van der Waals surface area contributed by atoms with Gasteiger partial charge in [-0.15, -0.1) is 0 Å². The molecule has 2 fully saturated rings. The summed E-state index contributed by atoms with van der Waals surface area (Å²) in [5.41, 5.74) is 3.21. The second kappa shape index (κ2) is 6.06. The van der Waals surface area contributed by atoms with Crippen molar-refractivity contribution in [2.75, 3.05) is 26.7 Å². The number of piperidine rings is 1. The zero-order valence-electron chi connectivity index (χ0n) is 13.9. The summed E-state index contributed by atoms with van der Waals surface area (Å²) in [6, 6.07) is 16.0. The molecule has 2 saturated heterocycles. The Morgan fingerprint density at radius 3 is 2.70 bits per heavy atom. The molecule has 3 nitrogen and oxygen atoms in total. The molecule has 0 saturated carbocycles. The Bertz CT molecular complexity index is 642. The number of rotatable bonds is 3. The number of benzene rings is 1. The van der Waals surface area contributed by atoms with Gasteiger partial charge in [0, 0.05) is 36.9 Å². The maximum Gasteiger partial charge on any atom is 0.0318 e. The standard InChI is InChI=1S/C20H25N3/c1-22-12-9-20(18-7-3-2-4-8-18)10-13-23(16-19(20)22)15-17-6-5-11-21-14-17/h2-8,11,14,19H,9-10,12-13,15-16H2,1H3/t19-,20+/m1/s1. The number of likely N-dealkylation sites (tertiary alicyclic amines) is 2. The number of nitrogens with zero attached hydrogens (tertiary/aromatic N) is 3. The average Bonchev–Trinajstić information content (AvgIpc) is 2.95. The number of aromatic nitrogens is 1. The van der Waals surface area contributed by atoms with Gasteiger partial charge in [-0.3, -0.25) is 9.88 Å². The van der Waals surface area contributed by atoms with Crippen LogP contribution in [0.25, 0.3) is 0 Å². The zero-order valence-corrected chi connectivity index (χ0v) is 13.9. The van der Waals surface area contributed by atoms with Gasteiger partial charge in [0.15, 0.2) is 0 Å². The Labute approximate surface area is 139 Å². The highest BCUT2D eigenvalue weighted by Gasteiger charge is 2.49. The fourth-order valence-corrected chi connectivity index (χ4v) is 4.56. The van der Waals surface area contributed by atoms with Gasteiger partial charge in [-0.25, -0.2) is 0 Å². The maximum absolute atomic E-state index is 4.26. The van der Waals surface area contributed by atoms with Gasteiger partial charge < -0.3 is 4.90 Å². The molecule has 2 aliphatic heterocycles. The van der Waals surface area contributed by atoms with Crippen molar-refractivity contribution in [2.24, 2.45) is 0 Å². The van der Waals surface area contributed by atoms with E-state index < -0.39 is 0 Å². The molecule has 2 atom stereocenters. The molecule has 0 spiro atoms. The lowest BCUT2D eigenvalue weighted by molar-refractivity contribution is 0.0916. The number of pyridine rings is 1. The largest absolute Gasteiger partial charge is 0.301 e. The number of hydrogen-bond acceptors (Lipinski definition) is 3. The van der Waals surface area contributed by atoms with Gasteiger partial charge in [0.2, 0.25) is 0 Å². The van der Waals surface area contributed by atoms with Crippen LogP contribution < -0.4 is 0 Å². The van der Waals surface area contributed by atoms with Crippen molar-refractivity contribution in [3.63, 3.8) is 0 Å². The minimum absolute atomic E-state index is 0.349. The van der Waals surface area contributed by atoms with E-state index in [1.54, 1.807) is 0 Å². The monoisotopic (exact) mass is 307 g/mol. The van der Waals surface area contributed by atoms with Gasteiger partial charge in [0.25, 0.3) is 0 Å². The second-order valence-corrected chi connectivity index (χ2v) is 7.11. The third-order valence-corrected chi connectivity index (χ3v) is 5.86. The zero-order chi connectivity index (χ0) is 15.7. The summed E-state index contributed by atoms with van der Waals surface area (Å²) >= 11 is 0. The summed E-state index contributed by atoms with van der Waals surface area (Å²) in [6.45, 7) is 4.55. The Kier molecular flexibility index (Phi) is 3.92. The molecule has 0 bridgehead atoms. The Morgan fingerprint density at radius 2 is 1.91 bits per heavy atom. The first-order valence-corrected chi connectivity index (χ1v) is 8.65. The van der Waals surface area contributed by atoms with Crippen LogP contribution in [0.15, 0.2) is 54.9 Å². The third kappa shape index (κ3) is 2.68. The van der Waals surface area contributed by atoms with Gasteiger partial charge in [-0.05, 0) is 50.2 Å². The minimum Gasteiger partial charge on any atom is -0.301 e. The van der Waals surface area contributed by atoms with Gasteiger partial charge in [-0.1, -0.05) is 36.4 Å². The van der Waals surface area contributed by atoms with Gasteiger partial charge in [0.05, 0.1) is 0 Å². The van der Waals surface area contributed by atoms with Crippen molar-refractivity contribution in [2.45, 2.75) is 30.8 Å². The van der Waals surface area contributed by atoms with Gasteiger partial charge >= 0.3 is 0 Å². The van der Waals surface area contributed by atoms with Crippen molar-refractivity contribution in [3.8, 4) is 0 Å². The van der Waals surface area contributed by atoms with Crippen LogP contribution in [0.3, 0.4) is 0 Å². The van der Waals surface area contributed by atoms with Crippen LogP contribution in [0.4, 0.5) is 0 Å². The molecule has 3 heterocycles. The van der Waals surface area contributed by atoms with E-state index in [4.69, 9.17) is 0 Å². The molecular weight excluding hydrogens is 282 g/mol. The highest BCUT2D eigenvalue weighted by molar-refractivity contribution is 5.31. The second-order valence-electron chi connectivity index (χ2n) is 7.11. The van der Waals surface area contributed by atoms with Crippen molar-refractivity contribution < 1.29 is 0 Å². The van der Waals surface area contributed by atoms with E-state index in [-0.39, 0.29) is 0 Å². The summed E-state index contributed by atoms with van der Waals surface area (Å²) in [6.07, 6.45) is 6.40. The molecule has 0 unspecified atom stereocenters. The molecule has 4 rings (SSSR count). The van der Waals surface area contributed by atoms with E-state index in [9.17, 15) is 0 Å². The SMILES string of the molecule is CN1CC[C@@]2(c3ccccc3)CCN(Cc3cccnc3)C[C@@H]12. The van der Waals surface area contributed by atoms with E-state index in [2.05, 4.69) is 58.2 Å². The van der Waals surface area contributed by atoms with E-state index in [0.717, 1.165) is 13.1 Å². The van der Waals surface area contributed by atoms with Gasteiger partial charge in [-0.2, -0.15) is 0 Å². The van der Waals surface area contributed by atoms with Crippen LogP contribution in [0, 0.1) is 0 Å². The molecule has 1 aromatic heterocycles. The Balaban J connectivity index is 1.56. The highest BCUT2D eigenvalue weighted by Crippen LogP contribution is 2.45. The van der Waals surface area contributed by atoms with Crippen LogP contribution >= 0.6 is 0 Å². The quantitative estimate of drug-likeness (QED) is 0.869. The molecule has 2 aliphatic rings. The Hall–Kier alpha value is -1.71. The third-order valence-electron chi connectivity index (χ3n) is 5.86. The highest BCUT2D eigenvalue weighted by atomic mass is 15.3. The van der Waals surface area contributed by atoms with E-state index in [1.165, 1.54) is 37.1 Å².